The van der Waals surface area contributed by atoms with Gasteiger partial charge in [-0.1, -0.05) is 12.1 Å². The van der Waals surface area contributed by atoms with Gasteiger partial charge in [0.15, 0.2) is 17.1 Å². The average Bonchev–Trinajstić information content (AvgIpc) is 3.42. The molecule has 0 spiro atoms. The molecule has 4 aromatic rings. The van der Waals surface area contributed by atoms with Gasteiger partial charge in [-0.3, -0.25) is 14.5 Å². The minimum absolute atomic E-state index is 0.242. The number of furan rings is 1. The highest BCUT2D eigenvalue weighted by Gasteiger charge is 2.22. The van der Waals surface area contributed by atoms with Crippen molar-refractivity contribution in [2.45, 2.75) is 32.2 Å². The lowest BCUT2D eigenvalue weighted by molar-refractivity contribution is 0.0926. The number of methoxy groups -OCH3 is 1. The number of nitrogens with one attached hydrogen (secondary N) is 1. The number of pyridine rings is 1. The second-order valence-electron chi connectivity index (χ2n) is 7.69. The Bertz CT molecular complexity index is 1230. The Balaban J connectivity index is 1.31. The van der Waals surface area contributed by atoms with E-state index in [1.807, 2.05) is 35.0 Å². The molecule has 3 heterocycles. The van der Waals surface area contributed by atoms with Crippen LogP contribution in [-0.2, 0) is 19.4 Å². The van der Waals surface area contributed by atoms with Crippen molar-refractivity contribution >= 4 is 16.9 Å². The van der Waals surface area contributed by atoms with Crippen LogP contribution in [0.4, 0.5) is 0 Å². The number of aromatic nitrogens is 3. The highest BCUT2D eigenvalue weighted by Crippen LogP contribution is 2.31. The Morgan fingerprint density at radius 1 is 1.19 bits per heavy atom. The lowest BCUT2D eigenvalue weighted by Crippen LogP contribution is -2.27. The molecule has 0 saturated carbocycles. The second-order valence-corrected chi connectivity index (χ2v) is 7.69. The van der Waals surface area contributed by atoms with Crippen molar-refractivity contribution in [3.8, 4) is 17.0 Å². The number of benzene rings is 1. The molecule has 1 amide bonds. The Morgan fingerprint density at radius 2 is 2.03 bits per heavy atom. The maximum atomic E-state index is 12.6. The van der Waals surface area contributed by atoms with Crippen LogP contribution >= 0.6 is 0 Å². The number of fused-ring (bicyclic) bond motifs is 2. The van der Waals surface area contributed by atoms with E-state index in [0.29, 0.717) is 24.4 Å². The van der Waals surface area contributed by atoms with Crippen LogP contribution in [-0.4, -0.2) is 34.3 Å². The van der Waals surface area contributed by atoms with Crippen LogP contribution in [0.2, 0.25) is 0 Å². The largest absolute Gasteiger partial charge is 0.493 e. The molecule has 3 aromatic heterocycles. The summed E-state index contributed by atoms with van der Waals surface area (Å²) in [5.74, 6) is 0.650. The van der Waals surface area contributed by atoms with Gasteiger partial charge >= 0.3 is 0 Å². The third-order valence-electron chi connectivity index (χ3n) is 5.77. The lowest BCUT2D eigenvalue weighted by atomic mass is 9.94. The highest BCUT2D eigenvalue weighted by molar-refractivity contribution is 5.97. The average molecular weight is 416 g/mol. The van der Waals surface area contributed by atoms with Crippen molar-refractivity contribution in [1.29, 1.82) is 0 Å². The number of rotatable bonds is 6. The first kappa shape index (κ1) is 19.4. The van der Waals surface area contributed by atoms with E-state index in [1.54, 1.807) is 25.6 Å². The van der Waals surface area contributed by atoms with Gasteiger partial charge < -0.3 is 14.5 Å². The zero-order valence-electron chi connectivity index (χ0n) is 17.4. The van der Waals surface area contributed by atoms with E-state index in [1.165, 1.54) is 24.1 Å². The van der Waals surface area contributed by atoms with Crippen LogP contribution in [0.25, 0.3) is 22.2 Å². The molecule has 1 N–H and O–H groups in total. The number of para-hydroxylation sites is 1. The summed E-state index contributed by atoms with van der Waals surface area (Å²) in [5, 5.41) is 8.68. The van der Waals surface area contributed by atoms with Crippen molar-refractivity contribution in [1.82, 2.24) is 20.1 Å². The molecule has 0 bridgehead atoms. The molecule has 5 rings (SSSR count). The van der Waals surface area contributed by atoms with Gasteiger partial charge in [-0.05, 0) is 49.9 Å². The van der Waals surface area contributed by atoms with E-state index >= 15 is 0 Å². The molecular formula is C24H24N4O3. The van der Waals surface area contributed by atoms with E-state index in [0.717, 1.165) is 29.5 Å². The van der Waals surface area contributed by atoms with Crippen LogP contribution < -0.4 is 10.1 Å². The number of ether oxygens (including phenoxy) is 1. The fourth-order valence-electron chi connectivity index (χ4n) is 4.27. The van der Waals surface area contributed by atoms with Gasteiger partial charge in [0.25, 0.3) is 5.91 Å². The molecule has 7 heteroatoms. The summed E-state index contributed by atoms with van der Waals surface area (Å²) in [5.41, 5.74) is 5.31. The minimum Gasteiger partial charge on any atom is -0.493 e. The van der Waals surface area contributed by atoms with Crippen molar-refractivity contribution in [2.75, 3.05) is 13.7 Å². The maximum absolute atomic E-state index is 12.6. The molecule has 7 nitrogen and oxygen atoms in total. The predicted octanol–water partition coefficient (Wildman–Crippen LogP) is 4.01. The van der Waals surface area contributed by atoms with Crippen molar-refractivity contribution in [2.24, 2.45) is 0 Å². The summed E-state index contributed by atoms with van der Waals surface area (Å²) in [7, 11) is 1.59. The monoisotopic (exact) mass is 416 g/mol. The van der Waals surface area contributed by atoms with Gasteiger partial charge in [-0.2, -0.15) is 5.10 Å². The SMILES string of the molecule is COc1cccc2cc(C(=O)NCCn3nc(-c4ccncc4)c4c3CCCC4)oc12. The first-order valence-electron chi connectivity index (χ1n) is 10.6. The lowest BCUT2D eigenvalue weighted by Gasteiger charge is -2.14. The van der Waals surface area contributed by atoms with Crippen LogP contribution in [0.3, 0.4) is 0 Å². The van der Waals surface area contributed by atoms with Gasteiger partial charge in [0, 0.05) is 41.1 Å². The van der Waals surface area contributed by atoms with Gasteiger partial charge in [-0.15, -0.1) is 0 Å². The molecule has 0 radical (unpaired) electrons. The van der Waals surface area contributed by atoms with E-state index < -0.39 is 0 Å². The van der Waals surface area contributed by atoms with Crippen molar-refractivity contribution in [3.63, 3.8) is 0 Å². The fraction of sp³-hybridized carbons (Fsp3) is 0.292. The van der Waals surface area contributed by atoms with Crippen molar-refractivity contribution < 1.29 is 13.9 Å². The Labute approximate surface area is 180 Å². The quantitative estimate of drug-likeness (QED) is 0.514. The number of hydrogen-bond acceptors (Lipinski definition) is 5. The van der Waals surface area contributed by atoms with Gasteiger partial charge in [0.1, 0.15) is 0 Å². The van der Waals surface area contributed by atoms with E-state index in [-0.39, 0.29) is 11.7 Å². The Hall–Kier alpha value is -3.61. The maximum Gasteiger partial charge on any atom is 0.287 e. The summed E-state index contributed by atoms with van der Waals surface area (Å²) in [6, 6.07) is 11.3. The molecule has 0 aliphatic heterocycles. The number of nitrogens with zero attached hydrogens (tertiary/aromatic N) is 3. The van der Waals surface area contributed by atoms with Gasteiger partial charge in [-0.25, -0.2) is 0 Å². The summed E-state index contributed by atoms with van der Waals surface area (Å²) in [6.07, 6.45) is 8.01. The molecule has 0 fully saturated rings. The molecule has 31 heavy (non-hydrogen) atoms. The first-order valence-corrected chi connectivity index (χ1v) is 10.6. The van der Waals surface area contributed by atoms with E-state index in [2.05, 4.69) is 10.3 Å². The Kier molecular flexibility index (Phi) is 5.16. The normalized spacial score (nSPS) is 13.2. The smallest absolute Gasteiger partial charge is 0.287 e. The molecule has 1 aliphatic rings. The second kappa shape index (κ2) is 8.26. The summed E-state index contributed by atoms with van der Waals surface area (Å²) in [4.78, 5) is 16.8. The summed E-state index contributed by atoms with van der Waals surface area (Å²) >= 11 is 0. The standard InChI is InChI=1S/C24H24N4O3/c1-30-20-8-4-5-17-15-21(31-23(17)20)24(29)26-13-14-28-19-7-3-2-6-18(19)22(27-28)16-9-11-25-12-10-16/h4-5,8-12,15H,2-3,6-7,13-14H2,1H3,(H,26,29). The first-order chi connectivity index (χ1) is 15.2. The van der Waals surface area contributed by atoms with Crippen molar-refractivity contribution in [3.05, 3.63) is 65.8 Å². The molecule has 158 valence electrons. The fourth-order valence-corrected chi connectivity index (χ4v) is 4.27. The molecule has 0 atom stereocenters. The topological polar surface area (TPSA) is 82.2 Å². The number of carbonyl (C=O) groups is 1. The van der Waals surface area contributed by atoms with Gasteiger partial charge in [0.2, 0.25) is 0 Å². The van der Waals surface area contributed by atoms with Crippen LogP contribution in [0.15, 0.2) is 53.2 Å². The third-order valence-corrected chi connectivity index (χ3v) is 5.77. The van der Waals surface area contributed by atoms with E-state index in [4.69, 9.17) is 14.3 Å². The van der Waals surface area contributed by atoms with Gasteiger partial charge in [0.05, 0.1) is 19.3 Å². The number of amides is 1. The number of hydrogen-bond donors (Lipinski definition) is 1. The molecule has 1 aliphatic carbocycles. The molecular weight excluding hydrogens is 392 g/mol. The highest BCUT2D eigenvalue weighted by atomic mass is 16.5. The zero-order chi connectivity index (χ0) is 21.2. The number of carbonyl (C=O) groups excluding carboxylic acids is 1. The molecule has 0 unspecified atom stereocenters. The summed E-state index contributed by atoms with van der Waals surface area (Å²) < 4.78 is 13.1. The molecule has 1 aromatic carbocycles. The van der Waals surface area contributed by atoms with Crippen LogP contribution in [0, 0.1) is 0 Å². The van der Waals surface area contributed by atoms with Crippen LogP contribution in [0.5, 0.6) is 5.75 Å². The Morgan fingerprint density at radius 3 is 2.87 bits per heavy atom. The third kappa shape index (κ3) is 3.67. The zero-order valence-corrected chi connectivity index (χ0v) is 17.4. The molecule has 0 saturated heterocycles. The van der Waals surface area contributed by atoms with E-state index in [9.17, 15) is 4.79 Å². The predicted molar refractivity (Wildman–Crippen MR) is 117 cm³/mol. The van der Waals surface area contributed by atoms with Crippen LogP contribution in [0.1, 0.15) is 34.7 Å². The minimum atomic E-state index is -0.242. The summed E-state index contributed by atoms with van der Waals surface area (Å²) in [6.45, 7) is 1.08.